The van der Waals surface area contributed by atoms with Crippen LogP contribution in [-0.2, 0) is 41.6 Å². The van der Waals surface area contributed by atoms with Gasteiger partial charge in [0.25, 0.3) is 0 Å². The highest BCUT2D eigenvalue weighted by Gasteiger charge is 2.80. The summed E-state index contributed by atoms with van der Waals surface area (Å²) in [7, 11) is 0. The van der Waals surface area contributed by atoms with Crippen LogP contribution in [0.15, 0.2) is 152 Å². The van der Waals surface area contributed by atoms with Crippen molar-refractivity contribution in [3.05, 3.63) is 179 Å². The third-order valence-corrected chi connectivity index (χ3v) is 12.3. The van der Waals surface area contributed by atoms with Crippen molar-refractivity contribution in [1.29, 1.82) is 0 Å². The Hall–Kier alpha value is -4.34. The zero-order valence-electron chi connectivity index (χ0n) is 32.0. The average Bonchev–Trinajstić information content (AvgIpc) is 3.23. The van der Waals surface area contributed by atoms with E-state index in [2.05, 4.69) is 0 Å². The van der Waals surface area contributed by atoms with Crippen LogP contribution in [0.25, 0.3) is 0 Å². The van der Waals surface area contributed by atoms with Gasteiger partial charge < -0.3 is 55.4 Å². The van der Waals surface area contributed by atoms with Crippen LogP contribution in [0.2, 0.25) is 0 Å². The highest BCUT2D eigenvalue weighted by molar-refractivity contribution is 5.37. The van der Waals surface area contributed by atoms with Gasteiger partial charge in [0.1, 0.15) is 41.2 Å². The van der Waals surface area contributed by atoms with Gasteiger partial charge in [0.15, 0.2) is 17.5 Å². The van der Waals surface area contributed by atoms with Crippen LogP contribution in [0.1, 0.15) is 27.8 Å². The molecule has 5 aromatic rings. The van der Waals surface area contributed by atoms with Crippen molar-refractivity contribution >= 4 is 0 Å². The van der Waals surface area contributed by atoms with Gasteiger partial charge in [-0.25, -0.2) is 0 Å². The van der Waals surface area contributed by atoms with Crippen molar-refractivity contribution in [3.8, 4) is 0 Å². The lowest BCUT2D eigenvalue weighted by molar-refractivity contribution is -0.438. The molecule has 11 heteroatoms. The fraction of sp³-hybridized carbons (Fsp3) is 0.362. The molecule has 11 nitrogen and oxygen atoms in total. The summed E-state index contributed by atoms with van der Waals surface area (Å²) in [4.78, 5) is 0. The molecule has 58 heavy (non-hydrogen) atoms. The Balaban J connectivity index is 1.53. The minimum Gasteiger partial charge on any atom is -0.394 e. The minimum atomic E-state index is -3.21. The zero-order valence-corrected chi connectivity index (χ0v) is 32.0. The number of rotatable bonds is 13. The molecule has 2 heterocycles. The summed E-state index contributed by atoms with van der Waals surface area (Å²) in [6.07, 6.45) is -14.3. The van der Waals surface area contributed by atoms with Gasteiger partial charge in [0.05, 0.1) is 12.7 Å². The van der Waals surface area contributed by atoms with Gasteiger partial charge in [-0.2, -0.15) is 0 Å². The summed E-state index contributed by atoms with van der Waals surface area (Å²) >= 11 is 0. The van der Waals surface area contributed by atoms with Crippen molar-refractivity contribution < 1.29 is 55.4 Å². The van der Waals surface area contributed by atoms with Gasteiger partial charge in [-0.1, -0.05) is 152 Å². The van der Waals surface area contributed by atoms with Crippen molar-refractivity contribution in [2.45, 2.75) is 96.9 Å². The van der Waals surface area contributed by atoms with Crippen molar-refractivity contribution in [2.75, 3.05) is 6.61 Å². The standard InChI is InChI=1S/C47H52O11/c48-31-38-39(50)47(56,45(54,42(51)57-38)29-35-22-12-4-13-23-35)41-44(53,28-34-20-10-3-11-21-34)46(55,30-36-24-14-5-15-25-36)43(52,27-33-18-8-2-9-19-33)40(58-41)37(49)26-32-16-6-1-7-17-32/h1-25,37-42,48-56H,26-31H2/t37?,38-,39-,40-,41-,42+,43-,44+,45+,46+,47-/m1/s1. The van der Waals surface area contributed by atoms with Crippen molar-refractivity contribution in [1.82, 2.24) is 0 Å². The number of aliphatic hydroxyl groups is 9. The number of hydrogen-bond acceptors (Lipinski definition) is 11. The van der Waals surface area contributed by atoms with Gasteiger partial charge in [0, 0.05) is 32.1 Å². The number of aliphatic hydroxyl groups excluding tert-OH is 4. The molecule has 306 valence electrons. The van der Waals surface area contributed by atoms with Crippen molar-refractivity contribution in [2.24, 2.45) is 0 Å². The highest BCUT2D eigenvalue weighted by atomic mass is 16.7. The van der Waals surface area contributed by atoms with Crippen LogP contribution in [0, 0.1) is 0 Å². The summed E-state index contributed by atoms with van der Waals surface area (Å²) in [6.45, 7) is -0.946. The first-order chi connectivity index (χ1) is 27.8. The summed E-state index contributed by atoms with van der Waals surface area (Å²) < 4.78 is 12.4. The second-order valence-corrected chi connectivity index (χ2v) is 16.0. The normalized spacial score (nSPS) is 34.3. The molecule has 2 saturated heterocycles. The maximum Gasteiger partial charge on any atom is 0.187 e. The van der Waals surface area contributed by atoms with Crippen LogP contribution in [0.3, 0.4) is 0 Å². The molecule has 2 aliphatic rings. The fourth-order valence-corrected chi connectivity index (χ4v) is 9.29. The Morgan fingerprint density at radius 3 is 1.29 bits per heavy atom. The highest BCUT2D eigenvalue weighted by Crippen LogP contribution is 2.56. The van der Waals surface area contributed by atoms with E-state index in [1.54, 1.807) is 152 Å². The van der Waals surface area contributed by atoms with Gasteiger partial charge in [-0.05, 0) is 27.8 Å². The SMILES string of the molecule is OC[C@H]1O[C@H](O)[C@@](O)(Cc2ccccc2)[C@](O)([C@@H]2O[C@H](C(O)Cc3ccccc3)[C@](O)(Cc3ccccc3)[C@@](O)(Cc3ccccc3)[C@]2(O)Cc2ccccc2)[C@@H]1O. The molecular weight excluding hydrogens is 741 g/mol. The Kier molecular flexibility index (Phi) is 12.1. The first-order valence-electron chi connectivity index (χ1n) is 19.6. The Bertz CT molecular complexity index is 2060. The quantitative estimate of drug-likeness (QED) is 0.0846. The van der Waals surface area contributed by atoms with E-state index in [9.17, 15) is 46.0 Å². The summed E-state index contributed by atoms with van der Waals surface area (Å²) in [5.41, 5.74) is -12.0. The zero-order chi connectivity index (χ0) is 41.2. The smallest absolute Gasteiger partial charge is 0.187 e. The fourth-order valence-electron chi connectivity index (χ4n) is 9.29. The maximum absolute atomic E-state index is 13.9. The first-order valence-corrected chi connectivity index (χ1v) is 19.6. The van der Waals surface area contributed by atoms with Crippen LogP contribution in [0.4, 0.5) is 0 Å². The second kappa shape index (κ2) is 16.7. The van der Waals surface area contributed by atoms with E-state index >= 15 is 0 Å². The maximum atomic E-state index is 13.9. The lowest BCUT2D eigenvalue weighted by Crippen LogP contribution is -2.90. The average molecular weight is 793 g/mol. The lowest BCUT2D eigenvalue weighted by Gasteiger charge is -2.67. The van der Waals surface area contributed by atoms with Gasteiger partial charge in [-0.15, -0.1) is 0 Å². The molecule has 1 unspecified atom stereocenters. The molecule has 0 aromatic heterocycles. The first kappa shape index (κ1) is 41.8. The van der Waals surface area contributed by atoms with Gasteiger partial charge in [-0.3, -0.25) is 0 Å². The van der Waals surface area contributed by atoms with E-state index in [1.165, 1.54) is 0 Å². The monoisotopic (exact) mass is 792 g/mol. The third-order valence-electron chi connectivity index (χ3n) is 12.3. The molecule has 0 bridgehead atoms. The van der Waals surface area contributed by atoms with Crippen LogP contribution in [0.5, 0.6) is 0 Å². The van der Waals surface area contributed by atoms with E-state index in [1.807, 2.05) is 0 Å². The molecule has 0 aliphatic carbocycles. The minimum absolute atomic E-state index is 0.131. The summed E-state index contributed by atoms with van der Waals surface area (Å²) in [5, 5.41) is 115. The molecule has 2 fully saturated rings. The molecular formula is C47H52O11. The van der Waals surface area contributed by atoms with E-state index in [4.69, 9.17) is 9.47 Å². The molecule has 0 radical (unpaired) electrons. The van der Waals surface area contributed by atoms with Crippen molar-refractivity contribution in [3.63, 3.8) is 0 Å². The molecule has 0 amide bonds. The number of ether oxygens (including phenoxy) is 2. The topological polar surface area (TPSA) is 201 Å². The second-order valence-electron chi connectivity index (χ2n) is 16.0. The predicted octanol–water partition coefficient (Wildman–Crippen LogP) is 2.05. The molecule has 0 spiro atoms. The number of benzene rings is 5. The van der Waals surface area contributed by atoms with Crippen LogP contribution >= 0.6 is 0 Å². The summed E-state index contributed by atoms with van der Waals surface area (Å²) in [6, 6.07) is 42.9. The van der Waals surface area contributed by atoms with E-state index in [0.29, 0.717) is 27.8 Å². The van der Waals surface area contributed by atoms with E-state index in [-0.39, 0.29) is 12.8 Å². The van der Waals surface area contributed by atoms with Crippen LogP contribution in [-0.4, -0.2) is 117 Å². The lowest BCUT2D eigenvalue weighted by atomic mass is 9.52. The van der Waals surface area contributed by atoms with Gasteiger partial charge in [0.2, 0.25) is 0 Å². The van der Waals surface area contributed by atoms with Gasteiger partial charge >= 0.3 is 0 Å². The van der Waals surface area contributed by atoms with E-state index in [0.717, 1.165) is 0 Å². The molecule has 7 rings (SSSR count). The largest absolute Gasteiger partial charge is 0.394 e. The summed E-state index contributed by atoms with van der Waals surface area (Å²) in [5.74, 6) is 0. The molecule has 9 N–H and O–H groups in total. The predicted molar refractivity (Wildman–Crippen MR) is 214 cm³/mol. The Labute approximate surface area is 337 Å². The number of hydrogen-bond donors (Lipinski definition) is 9. The molecule has 0 saturated carbocycles. The van der Waals surface area contributed by atoms with E-state index < -0.39 is 90.7 Å². The third kappa shape index (κ3) is 7.31. The Morgan fingerprint density at radius 2 is 0.862 bits per heavy atom. The van der Waals surface area contributed by atoms with Crippen LogP contribution < -0.4 is 0 Å². The molecule has 2 aliphatic heterocycles. The molecule has 5 aromatic carbocycles. The Morgan fingerprint density at radius 1 is 0.483 bits per heavy atom. The molecule has 11 atom stereocenters.